The largest absolute Gasteiger partial charge is 0.480 e. The van der Waals surface area contributed by atoms with E-state index in [2.05, 4.69) is 20.9 Å². The Morgan fingerprint density at radius 2 is 1.54 bits per heavy atom. The molecule has 3 rings (SSSR count). The molecule has 2 aromatic carbocycles. The highest BCUT2D eigenvalue weighted by Crippen LogP contribution is 2.19. The highest BCUT2D eigenvalue weighted by Gasteiger charge is 2.31. The number of benzene rings is 2. The Morgan fingerprint density at radius 1 is 0.872 bits per heavy atom. The number of aromatic amines is 1. The molecular weight excluding hydrogens is 498 g/mol. The van der Waals surface area contributed by atoms with Gasteiger partial charge in [-0.25, -0.2) is 4.79 Å². The second-order valence-electron chi connectivity index (χ2n) is 9.86. The molecule has 0 radical (unpaired) electrons. The lowest BCUT2D eigenvalue weighted by atomic mass is 9.97. The first kappa shape index (κ1) is 29.4. The fraction of sp³-hybridized carbons (Fsp3) is 0.379. The van der Waals surface area contributed by atoms with Crippen molar-refractivity contribution in [3.63, 3.8) is 0 Å². The van der Waals surface area contributed by atoms with Crippen LogP contribution >= 0.6 is 0 Å². The third kappa shape index (κ3) is 7.90. The maximum absolute atomic E-state index is 13.2. The first-order valence-corrected chi connectivity index (χ1v) is 13.1. The predicted molar refractivity (Wildman–Crippen MR) is 149 cm³/mol. The van der Waals surface area contributed by atoms with Gasteiger partial charge in [0, 0.05) is 23.5 Å². The summed E-state index contributed by atoms with van der Waals surface area (Å²) in [6.45, 7) is 5.17. The van der Waals surface area contributed by atoms with E-state index in [0.29, 0.717) is 6.42 Å². The molecule has 0 spiro atoms. The van der Waals surface area contributed by atoms with Crippen LogP contribution in [0.5, 0.6) is 0 Å². The first-order valence-electron chi connectivity index (χ1n) is 13.1. The number of hydrogen-bond acceptors (Lipinski definition) is 5. The highest BCUT2D eigenvalue weighted by atomic mass is 16.4. The summed E-state index contributed by atoms with van der Waals surface area (Å²) in [7, 11) is 0. The minimum Gasteiger partial charge on any atom is -0.480 e. The van der Waals surface area contributed by atoms with E-state index in [1.165, 1.54) is 6.92 Å². The van der Waals surface area contributed by atoms with Crippen LogP contribution in [0.15, 0.2) is 60.8 Å². The van der Waals surface area contributed by atoms with Crippen molar-refractivity contribution in [2.24, 2.45) is 11.7 Å². The van der Waals surface area contributed by atoms with E-state index in [9.17, 15) is 24.3 Å². The number of nitrogens with one attached hydrogen (secondary N) is 4. The minimum atomic E-state index is -1.18. The summed E-state index contributed by atoms with van der Waals surface area (Å²) in [6.07, 6.45) is 2.79. The van der Waals surface area contributed by atoms with Crippen molar-refractivity contribution >= 4 is 34.6 Å². The van der Waals surface area contributed by atoms with E-state index in [1.54, 1.807) is 24.3 Å². The van der Waals surface area contributed by atoms with Gasteiger partial charge >= 0.3 is 5.97 Å². The Labute approximate surface area is 227 Å². The number of carboxylic acid groups (broad SMARTS) is 1. The average molecular weight is 536 g/mol. The molecule has 5 unspecified atom stereocenters. The van der Waals surface area contributed by atoms with E-state index in [-0.39, 0.29) is 18.8 Å². The third-order valence-electron chi connectivity index (χ3n) is 6.89. The topological polar surface area (TPSA) is 166 Å². The van der Waals surface area contributed by atoms with Gasteiger partial charge in [0.25, 0.3) is 0 Å². The molecule has 1 heterocycles. The number of rotatable bonds is 13. The molecule has 10 nitrogen and oxygen atoms in total. The van der Waals surface area contributed by atoms with E-state index < -0.39 is 47.9 Å². The smallest absolute Gasteiger partial charge is 0.326 e. The maximum atomic E-state index is 13.2. The van der Waals surface area contributed by atoms with Crippen LogP contribution < -0.4 is 21.7 Å². The fourth-order valence-corrected chi connectivity index (χ4v) is 4.31. The fourth-order valence-electron chi connectivity index (χ4n) is 4.31. The van der Waals surface area contributed by atoms with Crippen molar-refractivity contribution in [3.05, 3.63) is 71.9 Å². The summed E-state index contributed by atoms with van der Waals surface area (Å²) in [5, 5.41) is 18.4. The summed E-state index contributed by atoms with van der Waals surface area (Å²) in [5.41, 5.74) is 8.80. The molecule has 0 bridgehead atoms. The number of aliphatic carboxylic acids is 1. The first-order chi connectivity index (χ1) is 18.6. The van der Waals surface area contributed by atoms with Crippen LogP contribution in [0.4, 0.5) is 0 Å². The molecule has 0 aliphatic heterocycles. The number of carbonyl (C=O) groups excluding carboxylic acids is 3. The summed E-state index contributed by atoms with van der Waals surface area (Å²) in [5.74, 6) is -3.09. The van der Waals surface area contributed by atoms with Gasteiger partial charge in [-0.3, -0.25) is 14.4 Å². The van der Waals surface area contributed by atoms with Crippen LogP contribution in [0.25, 0.3) is 10.9 Å². The van der Waals surface area contributed by atoms with Gasteiger partial charge in [-0.15, -0.1) is 0 Å². The molecule has 0 aliphatic carbocycles. The Morgan fingerprint density at radius 3 is 2.21 bits per heavy atom. The van der Waals surface area contributed by atoms with E-state index in [1.807, 2.05) is 50.4 Å². The van der Waals surface area contributed by atoms with Crippen molar-refractivity contribution in [1.29, 1.82) is 0 Å². The van der Waals surface area contributed by atoms with Crippen molar-refractivity contribution in [2.75, 3.05) is 0 Å². The molecular formula is C29H37N5O5. The number of aromatic nitrogens is 1. The average Bonchev–Trinajstić information content (AvgIpc) is 3.33. The summed E-state index contributed by atoms with van der Waals surface area (Å²) in [4.78, 5) is 53.8. The zero-order valence-corrected chi connectivity index (χ0v) is 22.4. The number of nitrogens with two attached hydrogens (primary N) is 1. The van der Waals surface area contributed by atoms with Gasteiger partial charge in [0.05, 0.1) is 6.04 Å². The molecule has 3 aromatic rings. The van der Waals surface area contributed by atoms with Crippen molar-refractivity contribution in [1.82, 2.24) is 20.9 Å². The van der Waals surface area contributed by atoms with Crippen LogP contribution in [0.1, 0.15) is 38.3 Å². The summed E-state index contributed by atoms with van der Waals surface area (Å²) >= 11 is 0. The van der Waals surface area contributed by atoms with Crippen LogP contribution in [0.2, 0.25) is 0 Å². The lowest BCUT2D eigenvalue weighted by Gasteiger charge is -2.27. The molecule has 208 valence electrons. The van der Waals surface area contributed by atoms with Gasteiger partial charge in [0.1, 0.15) is 18.1 Å². The van der Waals surface area contributed by atoms with E-state index in [0.717, 1.165) is 22.0 Å². The van der Waals surface area contributed by atoms with E-state index in [4.69, 9.17) is 5.73 Å². The second-order valence-corrected chi connectivity index (χ2v) is 9.86. The maximum Gasteiger partial charge on any atom is 0.326 e. The molecule has 7 N–H and O–H groups in total. The quantitative estimate of drug-likeness (QED) is 0.195. The Kier molecular flexibility index (Phi) is 10.2. The Bertz CT molecular complexity index is 1290. The predicted octanol–water partition coefficient (Wildman–Crippen LogP) is 1.89. The van der Waals surface area contributed by atoms with Gasteiger partial charge in [-0.1, -0.05) is 68.8 Å². The SMILES string of the molecule is CCC(C)C(NC(=O)C(N)Cc1c[nH]c2ccccc12)C(=O)NC(C)C(=O)NC(Cc1ccccc1)C(=O)O. The van der Waals surface area contributed by atoms with Crippen LogP contribution in [-0.4, -0.2) is 57.9 Å². The number of amides is 3. The molecule has 0 saturated heterocycles. The lowest BCUT2D eigenvalue weighted by molar-refractivity contribution is -0.142. The van der Waals surface area contributed by atoms with Crippen LogP contribution in [0.3, 0.4) is 0 Å². The summed E-state index contributed by atoms with van der Waals surface area (Å²) < 4.78 is 0. The number of fused-ring (bicyclic) bond motifs is 1. The molecule has 3 amide bonds. The van der Waals surface area contributed by atoms with Crippen molar-refractivity contribution in [2.45, 2.75) is 64.2 Å². The lowest BCUT2D eigenvalue weighted by Crippen LogP contribution is -2.58. The summed E-state index contributed by atoms with van der Waals surface area (Å²) in [6, 6.07) is 12.6. The number of carboxylic acids is 1. The molecule has 5 atom stereocenters. The molecule has 0 fully saturated rings. The van der Waals surface area contributed by atoms with Gasteiger partial charge < -0.3 is 31.8 Å². The number of hydrogen-bond donors (Lipinski definition) is 6. The number of H-pyrrole nitrogens is 1. The van der Waals surface area contributed by atoms with Crippen molar-refractivity contribution in [3.8, 4) is 0 Å². The second kappa shape index (κ2) is 13.6. The van der Waals surface area contributed by atoms with Gasteiger partial charge in [-0.05, 0) is 36.5 Å². The normalized spacial score (nSPS) is 15.0. The molecule has 39 heavy (non-hydrogen) atoms. The zero-order chi connectivity index (χ0) is 28.5. The highest BCUT2D eigenvalue weighted by molar-refractivity contribution is 5.94. The molecule has 1 aromatic heterocycles. The third-order valence-corrected chi connectivity index (χ3v) is 6.89. The number of para-hydroxylation sites is 1. The van der Waals surface area contributed by atoms with Gasteiger partial charge in [-0.2, -0.15) is 0 Å². The van der Waals surface area contributed by atoms with Gasteiger partial charge in [0.2, 0.25) is 17.7 Å². The molecule has 0 saturated carbocycles. The molecule has 0 aliphatic rings. The monoisotopic (exact) mass is 535 g/mol. The van der Waals surface area contributed by atoms with Crippen LogP contribution in [-0.2, 0) is 32.0 Å². The zero-order valence-electron chi connectivity index (χ0n) is 22.4. The Balaban J connectivity index is 1.61. The van der Waals surface area contributed by atoms with Crippen molar-refractivity contribution < 1.29 is 24.3 Å². The Hall–Kier alpha value is -4.18. The molecule has 10 heteroatoms. The number of carbonyl (C=O) groups is 4. The van der Waals surface area contributed by atoms with E-state index >= 15 is 0 Å². The minimum absolute atomic E-state index is 0.0997. The standard InChI is InChI=1S/C29H37N5O5/c1-4-17(2)25(34-27(36)22(30)15-20-16-31-23-13-9-8-12-21(20)23)28(37)32-18(3)26(35)33-24(29(38)39)14-19-10-6-5-7-11-19/h5-13,16-18,22,24-25,31H,4,14-15,30H2,1-3H3,(H,32,37)(H,33,35)(H,34,36)(H,38,39). The van der Waals surface area contributed by atoms with Gasteiger partial charge in [0.15, 0.2) is 0 Å². The van der Waals surface area contributed by atoms with Crippen LogP contribution in [0, 0.1) is 5.92 Å².